The van der Waals surface area contributed by atoms with Crippen LogP contribution in [0.15, 0.2) is 29.8 Å². The van der Waals surface area contributed by atoms with Gasteiger partial charge in [-0.3, -0.25) is 4.79 Å². The van der Waals surface area contributed by atoms with Gasteiger partial charge in [0.25, 0.3) is 0 Å². The van der Waals surface area contributed by atoms with Crippen LogP contribution in [0.4, 0.5) is 0 Å². The first-order valence-corrected chi connectivity index (χ1v) is 8.04. The van der Waals surface area contributed by atoms with Crippen LogP contribution in [0.1, 0.15) is 49.7 Å². The summed E-state index contributed by atoms with van der Waals surface area (Å²) in [5.74, 6) is 2.58. The molecule has 0 spiro atoms. The van der Waals surface area contributed by atoms with Crippen molar-refractivity contribution in [3.63, 3.8) is 0 Å². The van der Waals surface area contributed by atoms with Gasteiger partial charge in [0.15, 0.2) is 0 Å². The lowest BCUT2D eigenvalue weighted by atomic mass is 9.58. The van der Waals surface area contributed by atoms with E-state index in [9.17, 15) is 4.79 Å². The molecule has 3 aliphatic carbocycles. The van der Waals surface area contributed by atoms with Gasteiger partial charge in [-0.25, -0.2) is 0 Å². The molecule has 1 aromatic carbocycles. The molecule has 1 fully saturated rings. The number of rotatable bonds is 1. The molecule has 0 bridgehead atoms. The predicted octanol–water partition coefficient (Wildman–Crippen LogP) is 4.04. The molecule has 3 aliphatic rings. The van der Waals surface area contributed by atoms with Crippen LogP contribution in [0.2, 0.25) is 0 Å². The maximum absolute atomic E-state index is 12.3. The topological polar surface area (TPSA) is 26.3 Å². The largest absolute Gasteiger partial charge is 0.497 e. The van der Waals surface area contributed by atoms with E-state index in [1.54, 1.807) is 7.11 Å². The van der Waals surface area contributed by atoms with Gasteiger partial charge in [-0.05, 0) is 67.7 Å². The molecule has 0 unspecified atom stereocenters. The van der Waals surface area contributed by atoms with Crippen molar-refractivity contribution in [1.82, 2.24) is 0 Å². The lowest BCUT2D eigenvalue weighted by molar-refractivity contribution is -0.125. The molecular weight excluding hydrogens is 260 g/mol. The van der Waals surface area contributed by atoms with Gasteiger partial charge in [-0.1, -0.05) is 17.7 Å². The Morgan fingerprint density at radius 3 is 2.90 bits per heavy atom. The molecule has 0 aromatic heterocycles. The quantitative estimate of drug-likeness (QED) is 0.727. The minimum atomic E-state index is -0.148. The van der Waals surface area contributed by atoms with Gasteiger partial charge in [0.1, 0.15) is 11.5 Å². The number of ether oxygens (including phenoxy) is 1. The number of aryl methyl sites for hydroxylation is 1. The number of benzene rings is 1. The molecule has 0 amide bonds. The Kier molecular flexibility index (Phi) is 2.79. The molecule has 0 N–H and O–H groups in total. The highest BCUT2D eigenvalue weighted by Gasteiger charge is 2.49. The second kappa shape index (κ2) is 4.46. The summed E-state index contributed by atoms with van der Waals surface area (Å²) in [4.78, 5) is 12.3. The Bertz CT molecular complexity index is 643. The van der Waals surface area contributed by atoms with E-state index in [0.29, 0.717) is 24.0 Å². The Morgan fingerprint density at radius 1 is 1.24 bits per heavy atom. The zero-order valence-electron chi connectivity index (χ0n) is 12.8. The molecule has 3 atom stereocenters. The van der Waals surface area contributed by atoms with E-state index in [1.165, 1.54) is 23.1 Å². The van der Waals surface area contributed by atoms with Crippen molar-refractivity contribution in [2.24, 2.45) is 11.3 Å². The SMILES string of the molecule is COc1ccc2c(c1)CC[C@H]1C3=CCC(=O)[C@@]3(C)CC[C@H]21. The van der Waals surface area contributed by atoms with Crippen LogP contribution in [0.25, 0.3) is 0 Å². The number of methoxy groups -OCH3 is 1. The van der Waals surface area contributed by atoms with Crippen LogP contribution < -0.4 is 4.74 Å². The van der Waals surface area contributed by atoms with Crippen LogP contribution in [-0.2, 0) is 11.2 Å². The predicted molar refractivity (Wildman–Crippen MR) is 82.6 cm³/mol. The smallest absolute Gasteiger partial charge is 0.146 e. The lowest BCUT2D eigenvalue weighted by Gasteiger charge is -2.45. The summed E-state index contributed by atoms with van der Waals surface area (Å²) < 4.78 is 5.36. The summed E-state index contributed by atoms with van der Waals surface area (Å²) in [7, 11) is 1.73. The Labute approximate surface area is 126 Å². The van der Waals surface area contributed by atoms with Crippen molar-refractivity contribution < 1.29 is 9.53 Å². The van der Waals surface area contributed by atoms with Gasteiger partial charge in [-0.2, -0.15) is 0 Å². The van der Waals surface area contributed by atoms with Gasteiger partial charge in [0.2, 0.25) is 0 Å². The van der Waals surface area contributed by atoms with Crippen molar-refractivity contribution >= 4 is 5.78 Å². The average molecular weight is 282 g/mol. The van der Waals surface area contributed by atoms with E-state index in [-0.39, 0.29) is 5.41 Å². The maximum Gasteiger partial charge on any atom is 0.146 e. The van der Waals surface area contributed by atoms with Crippen LogP contribution >= 0.6 is 0 Å². The van der Waals surface area contributed by atoms with Crippen molar-refractivity contribution in [2.75, 3.05) is 7.11 Å². The van der Waals surface area contributed by atoms with Gasteiger partial charge < -0.3 is 4.74 Å². The molecule has 0 heterocycles. The van der Waals surface area contributed by atoms with Gasteiger partial charge in [-0.15, -0.1) is 0 Å². The van der Waals surface area contributed by atoms with Crippen LogP contribution in [0.5, 0.6) is 5.75 Å². The first-order chi connectivity index (χ1) is 10.1. The molecule has 0 radical (unpaired) electrons. The van der Waals surface area contributed by atoms with Crippen molar-refractivity contribution in [2.45, 2.75) is 44.9 Å². The molecule has 1 saturated carbocycles. The zero-order chi connectivity index (χ0) is 14.6. The summed E-state index contributed by atoms with van der Waals surface area (Å²) in [6.07, 6.45) is 7.35. The summed E-state index contributed by atoms with van der Waals surface area (Å²) >= 11 is 0. The minimum Gasteiger partial charge on any atom is -0.497 e. The molecule has 2 heteroatoms. The van der Waals surface area contributed by atoms with E-state index in [2.05, 4.69) is 31.2 Å². The van der Waals surface area contributed by atoms with Gasteiger partial charge >= 0.3 is 0 Å². The van der Waals surface area contributed by atoms with Crippen LogP contribution in [0, 0.1) is 11.3 Å². The normalized spacial score (nSPS) is 33.8. The first kappa shape index (κ1) is 13.1. The van der Waals surface area contributed by atoms with Gasteiger partial charge in [0, 0.05) is 11.8 Å². The fraction of sp³-hybridized carbons (Fsp3) is 0.526. The summed E-state index contributed by atoms with van der Waals surface area (Å²) in [5, 5.41) is 0. The highest BCUT2D eigenvalue weighted by molar-refractivity contribution is 5.92. The fourth-order valence-electron chi connectivity index (χ4n) is 4.85. The number of fused-ring (bicyclic) bond motifs is 5. The molecular formula is C19H22O2. The van der Waals surface area contributed by atoms with E-state index < -0.39 is 0 Å². The number of Topliss-reactive ketones (excluding diaryl/α,β-unsaturated/α-hetero) is 1. The number of hydrogen-bond acceptors (Lipinski definition) is 2. The highest BCUT2D eigenvalue weighted by atomic mass is 16.5. The zero-order valence-corrected chi connectivity index (χ0v) is 12.8. The Hall–Kier alpha value is -1.57. The first-order valence-electron chi connectivity index (χ1n) is 8.04. The lowest BCUT2D eigenvalue weighted by Crippen LogP contribution is -2.38. The summed E-state index contributed by atoms with van der Waals surface area (Å²) in [6.45, 7) is 2.17. The van der Waals surface area contributed by atoms with E-state index >= 15 is 0 Å². The monoisotopic (exact) mass is 282 g/mol. The van der Waals surface area contributed by atoms with Crippen LogP contribution in [-0.4, -0.2) is 12.9 Å². The second-order valence-electron chi connectivity index (χ2n) is 6.97. The number of allylic oxidation sites excluding steroid dienone is 2. The molecule has 1 aromatic rings. The standard InChI is InChI=1S/C19H22O2/c1-19-10-9-15-14-6-4-13(21-2)11-12(14)3-5-16(15)17(19)7-8-18(19)20/h4,6-7,11,15-16H,3,5,8-10H2,1-2H3/t15-,16-,19+/m1/s1. The Balaban J connectivity index is 1.73. The van der Waals surface area contributed by atoms with E-state index in [0.717, 1.165) is 25.0 Å². The molecule has 110 valence electrons. The summed E-state index contributed by atoms with van der Waals surface area (Å²) in [6, 6.07) is 6.54. The van der Waals surface area contributed by atoms with Crippen molar-refractivity contribution in [3.8, 4) is 5.75 Å². The molecule has 4 rings (SSSR count). The number of carbonyl (C=O) groups is 1. The van der Waals surface area contributed by atoms with Gasteiger partial charge in [0.05, 0.1) is 7.11 Å². The molecule has 2 nitrogen and oxygen atoms in total. The minimum absolute atomic E-state index is 0.148. The second-order valence-corrected chi connectivity index (χ2v) is 6.97. The average Bonchev–Trinajstić information content (AvgIpc) is 2.82. The third-order valence-electron chi connectivity index (χ3n) is 6.07. The third kappa shape index (κ3) is 1.74. The number of carbonyl (C=O) groups excluding carboxylic acids is 1. The number of ketones is 1. The fourth-order valence-corrected chi connectivity index (χ4v) is 4.85. The van der Waals surface area contributed by atoms with E-state index in [1.807, 2.05) is 0 Å². The third-order valence-corrected chi connectivity index (χ3v) is 6.07. The molecule has 0 saturated heterocycles. The number of hydrogen-bond donors (Lipinski definition) is 0. The molecule has 21 heavy (non-hydrogen) atoms. The van der Waals surface area contributed by atoms with E-state index in [4.69, 9.17) is 4.74 Å². The maximum atomic E-state index is 12.3. The van der Waals surface area contributed by atoms with Crippen molar-refractivity contribution in [1.29, 1.82) is 0 Å². The van der Waals surface area contributed by atoms with Crippen LogP contribution in [0.3, 0.4) is 0 Å². The Morgan fingerprint density at radius 2 is 2.10 bits per heavy atom. The highest BCUT2D eigenvalue weighted by Crippen LogP contribution is 2.57. The van der Waals surface area contributed by atoms with Crippen molar-refractivity contribution in [3.05, 3.63) is 41.0 Å². The molecule has 0 aliphatic heterocycles. The summed E-state index contributed by atoms with van der Waals surface area (Å²) in [5.41, 5.74) is 4.24.